The smallest absolute Gasteiger partial charge is 0.348 e. The van der Waals surface area contributed by atoms with Gasteiger partial charge in [-0.1, -0.05) is 0 Å². The van der Waals surface area contributed by atoms with Gasteiger partial charge in [0.05, 0.1) is 6.42 Å². The van der Waals surface area contributed by atoms with Crippen LogP contribution in [0, 0.1) is 0 Å². The molecule has 0 aromatic rings. The lowest BCUT2D eigenvalue weighted by Crippen LogP contribution is -2.71. The predicted molar refractivity (Wildman–Crippen MR) is 30.1 cm³/mol. The maximum Gasteiger partial charge on any atom is 0.348 e. The standard InChI is InChI=1S/C6H6F4O2/c1-4(12-3-11)2-5(7,8)6(4,9)10/h3H,2H2,1H3. The molecule has 0 aromatic heterocycles. The summed E-state index contributed by atoms with van der Waals surface area (Å²) in [7, 11) is 0. The Morgan fingerprint density at radius 2 is 1.83 bits per heavy atom. The number of carbonyl (C=O) groups is 1. The first-order valence-electron chi connectivity index (χ1n) is 3.14. The minimum atomic E-state index is -4.26. The predicted octanol–water partition coefficient (Wildman–Crippen LogP) is 1.59. The molecular formula is C6H6F4O2. The fraction of sp³-hybridized carbons (Fsp3) is 0.833. The van der Waals surface area contributed by atoms with E-state index in [0.29, 0.717) is 0 Å². The van der Waals surface area contributed by atoms with Crippen LogP contribution in [0.25, 0.3) is 0 Å². The van der Waals surface area contributed by atoms with Crippen LogP contribution in [0.2, 0.25) is 0 Å². The van der Waals surface area contributed by atoms with Crippen LogP contribution in [0.15, 0.2) is 0 Å². The van der Waals surface area contributed by atoms with Gasteiger partial charge in [0, 0.05) is 0 Å². The van der Waals surface area contributed by atoms with Gasteiger partial charge in [-0.2, -0.15) is 17.6 Å². The number of alkyl halides is 4. The van der Waals surface area contributed by atoms with Crippen LogP contribution in [0.3, 0.4) is 0 Å². The molecule has 0 heterocycles. The Morgan fingerprint density at radius 1 is 1.33 bits per heavy atom. The Balaban J connectivity index is 2.82. The van der Waals surface area contributed by atoms with Gasteiger partial charge in [0.1, 0.15) is 0 Å². The summed E-state index contributed by atoms with van der Waals surface area (Å²) < 4.78 is 53.3. The third-order valence-electron chi connectivity index (χ3n) is 1.99. The van der Waals surface area contributed by atoms with Gasteiger partial charge in [-0.05, 0) is 6.92 Å². The largest absolute Gasteiger partial charge is 0.455 e. The molecule has 0 spiro atoms. The van der Waals surface area contributed by atoms with Crippen LogP contribution in [-0.2, 0) is 9.53 Å². The zero-order chi connectivity index (χ0) is 9.62. The molecule has 1 atom stereocenters. The molecule has 1 saturated carbocycles. The van der Waals surface area contributed by atoms with Gasteiger partial charge in [-0.3, -0.25) is 4.79 Å². The highest BCUT2D eigenvalue weighted by atomic mass is 19.3. The zero-order valence-corrected chi connectivity index (χ0v) is 6.11. The number of halogens is 4. The second kappa shape index (κ2) is 2.11. The van der Waals surface area contributed by atoms with E-state index in [1.54, 1.807) is 0 Å². The molecule has 0 aliphatic heterocycles. The van der Waals surface area contributed by atoms with Crippen molar-refractivity contribution in [2.24, 2.45) is 0 Å². The van der Waals surface area contributed by atoms with Crippen LogP contribution in [0.4, 0.5) is 17.6 Å². The van der Waals surface area contributed by atoms with Crippen molar-refractivity contribution < 1.29 is 27.1 Å². The van der Waals surface area contributed by atoms with Crippen molar-refractivity contribution in [2.75, 3.05) is 0 Å². The van der Waals surface area contributed by atoms with E-state index in [1.165, 1.54) is 0 Å². The molecular weight excluding hydrogens is 180 g/mol. The fourth-order valence-electron chi connectivity index (χ4n) is 1.15. The van der Waals surface area contributed by atoms with Crippen molar-refractivity contribution in [3.05, 3.63) is 0 Å². The maximum atomic E-state index is 12.5. The zero-order valence-electron chi connectivity index (χ0n) is 6.11. The maximum absolute atomic E-state index is 12.5. The van der Waals surface area contributed by atoms with Gasteiger partial charge >= 0.3 is 11.8 Å². The topological polar surface area (TPSA) is 26.3 Å². The van der Waals surface area contributed by atoms with Crippen molar-refractivity contribution in [3.8, 4) is 0 Å². The summed E-state index contributed by atoms with van der Waals surface area (Å²) in [6.45, 7) is 0.530. The highest BCUT2D eigenvalue weighted by molar-refractivity contribution is 5.40. The quantitative estimate of drug-likeness (QED) is 0.483. The molecule has 0 N–H and O–H groups in total. The summed E-state index contributed by atoms with van der Waals surface area (Å²) in [5.74, 6) is -8.33. The first-order valence-corrected chi connectivity index (χ1v) is 3.14. The summed E-state index contributed by atoms with van der Waals surface area (Å²) in [4.78, 5) is 9.71. The molecule has 0 saturated heterocycles. The minimum absolute atomic E-state index is 0.247. The van der Waals surface area contributed by atoms with Crippen LogP contribution < -0.4 is 0 Å². The lowest BCUT2D eigenvalue weighted by atomic mass is 9.73. The van der Waals surface area contributed by atoms with E-state index in [4.69, 9.17) is 0 Å². The molecule has 12 heavy (non-hydrogen) atoms. The Hall–Kier alpha value is -0.810. The average molecular weight is 186 g/mol. The minimum Gasteiger partial charge on any atom is -0.455 e. The summed E-state index contributed by atoms with van der Waals surface area (Å²) in [5.41, 5.74) is -2.35. The molecule has 1 aliphatic carbocycles. The van der Waals surface area contributed by atoms with Gasteiger partial charge in [0.2, 0.25) is 0 Å². The van der Waals surface area contributed by atoms with E-state index in [9.17, 15) is 22.4 Å². The van der Waals surface area contributed by atoms with Crippen LogP contribution in [0.1, 0.15) is 13.3 Å². The van der Waals surface area contributed by atoms with Crippen LogP contribution >= 0.6 is 0 Å². The Labute approximate surface area is 65.5 Å². The van der Waals surface area contributed by atoms with Gasteiger partial charge in [-0.25, -0.2) is 0 Å². The molecule has 70 valence electrons. The highest BCUT2D eigenvalue weighted by Crippen LogP contribution is 2.59. The third kappa shape index (κ3) is 0.834. The highest BCUT2D eigenvalue weighted by Gasteiger charge is 2.80. The molecule has 0 bridgehead atoms. The second-order valence-electron chi connectivity index (χ2n) is 2.90. The molecule has 6 heteroatoms. The van der Waals surface area contributed by atoms with E-state index in [2.05, 4.69) is 4.74 Å². The lowest BCUT2D eigenvalue weighted by Gasteiger charge is -2.49. The second-order valence-corrected chi connectivity index (χ2v) is 2.90. The molecule has 0 radical (unpaired) electrons. The van der Waals surface area contributed by atoms with E-state index in [1.807, 2.05) is 0 Å². The van der Waals surface area contributed by atoms with Crippen LogP contribution in [0.5, 0.6) is 0 Å². The van der Waals surface area contributed by atoms with E-state index in [-0.39, 0.29) is 6.47 Å². The molecule has 1 aliphatic rings. The van der Waals surface area contributed by atoms with Crippen molar-refractivity contribution in [1.82, 2.24) is 0 Å². The van der Waals surface area contributed by atoms with Crippen molar-refractivity contribution in [2.45, 2.75) is 30.8 Å². The van der Waals surface area contributed by atoms with Gasteiger partial charge in [0.15, 0.2) is 5.60 Å². The fourth-order valence-corrected chi connectivity index (χ4v) is 1.15. The van der Waals surface area contributed by atoms with Gasteiger partial charge < -0.3 is 4.74 Å². The normalized spacial score (nSPS) is 36.8. The first-order chi connectivity index (χ1) is 5.27. The number of rotatable bonds is 2. The summed E-state index contributed by atoms with van der Waals surface area (Å²) in [6.07, 6.45) is -1.13. The van der Waals surface area contributed by atoms with Crippen molar-refractivity contribution in [1.29, 1.82) is 0 Å². The number of ether oxygens (including phenoxy) is 1. The van der Waals surface area contributed by atoms with E-state index in [0.717, 1.165) is 6.92 Å². The average Bonchev–Trinajstić information content (AvgIpc) is 1.86. The third-order valence-corrected chi connectivity index (χ3v) is 1.99. The number of hydrogen-bond donors (Lipinski definition) is 0. The van der Waals surface area contributed by atoms with Gasteiger partial charge in [-0.15, -0.1) is 0 Å². The van der Waals surface area contributed by atoms with Crippen molar-refractivity contribution >= 4 is 6.47 Å². The number of carbonyl (C=O) groups excluding carboxylic acids is 1. The Bertz CT molecular complexity index is 216. The van der Waals surface area contributed by atoms with Crippen molar-refractivity contribution in [3.63, 3.8) is 0 Å². The first kappa shape index (κ1) is 9.28. The monoisotopic (exact) mass is 186 g/mol. The SMILES string of the molecule is CC1(OC=O)CC(F)(F)C1(F)F. The van der Waals surface area contributed by atoms with Crippen LogP contribution in [-0.4, -0.2) is 23.9 Å². The molecule has 1 unspecified atom stereocenters. The van der Waals surface area contributed by atoms with Gasteiger partial charge in [0.25, 0.3) is 6.47 Å². The lowest BCUT2D eigenvalue weighted by molar-refractivity contribution is -0.371. The van der Waals surface area contributed by atoms with E-state index >= 15 is 0 Å². The number of hydrogen-bond acceptors (Lipinski definition) is 2. The summed E-state index contributed by atoms with van der Waals surface area (Å²) in [5, 5.41) is 0. The van der Waals surface area contributed by atoms with E-state index < -0.39 is 23.9 Å². The Morgan fingerprint density at radius 3 is 2.08 bits per heavy atom. The Kier molecular flexibility index (Phi) is 1.63. The molecule has 2 nitrogen and oxygen atoms in total. The summed E-state index contributed by atoms with van der Waals surface area (Å²) >= 11 is 0. The molecule has 0 aromatic carbocycles. The molecule has 0 amide bonds. The summed E-state index contributed by atoms with van der Waals surface area (Å²) in [6, 6.07) is 0. The molecule has 1 fully saturated rings. The molecule has 1 rings (SSSR count).